The van der Waals surface area contributed by atoms with E-state index in [0.29, 0.717) is 18.1 Å². The first-order valence-corrected chi connectivity index (χ1v) is 8.22. The maximum Gasteiger partial charge on any atom is 0.215 e. The summed E-state index contributed by atoms with van der Waals surface area (Å²) in [6, 6.07) is 7.55. The van der Waals surface area contributed by atoms with Crippen molar-refractivity contribution in [2.24, 2.45) is 0 Å². The van der Waals surface area contributed by atoms with Gasteiger partial charge in [-0.05, 0) is 11.6 Å². The van der Waals surface area contributed by atoms with E-state index in [1.807, 2.05) is 32.0 Å². The molecule has 0 spiro atoms. The van der Waals surface area contributed by atoms with Gasteiger partial charge in [-0.3, -0.25) is 0 Å². The zero-order chi connectivity index (χ0) is 14.5. The van der Waals surface area contributed by atoms with Crippen molar-refractivity contribution in [3.8, 4) is 0 Å². The second-order valence-corrected chi connectivity index (χ2v) is 7.37. The van der Waals surface area contributed by atoms with Gasteiger partial charge in [0.2, 0.25) is 10.0 Å². The summed E-state index contributed by atoms with van der Waals surface area (Å²) in [7, 11) is -1.68. The average molecular weight is 305 g/mol. The molecule has 0 fully saturated rings. The van der Waals surface area contributed by atoms with Crippen molar-refractivity contribution >= 4 is 21.6 Å². The first-order valence-electron chi connectivity index (χ1n) is 6.23. The molecule has 108 valence electrons. The number of hydrogen-bond acceptors (Lipinski definition) is 3. The summed E-state index contributed by atoms with van der Waals surface area (Å²) in [6.07, 6.45) is 0. The number of sulfonamides is 1. The van der Waals surface area contributed by atoms with Crippen molar-refractivity contribution in [1.82, 2.24) is 9.62 Å². The standard InChI is InChI=1S/C13H21ClN2O2S/c1-11(2)15-8-9-19(17,18)16(3)10-12-6-4-5-7-13(12)14/h4-7,11,15H,8-10H2,1-3H3. The zero-order valence-corrected chi connectivity index (χ0v) is 13.1. The van der Waals surface area contributed by atoms with E-state index >= 15 is 0 Å². The van der Waals surface area contributed by atoms with Crippen molar-refractivity contribution in [3.05, 3.63) is 34.9 Å². The van der Waals surface area contributed by atoms with Crippen LogP contribution in [0.25, 0.3) is 0 Å². The lowest BCUT2D eigenvalue weighted by molar-refractivity contribution is 0.463. The van der Waals surface area contributed by atoms with Gasteiger partial charge in [0.1, 0.15) is 0 Å². The van der Waals surface area contributed by atoms with Crippen LogP contribution in [0, 0.1) is 0 Å². The molecule has 1 aromatic rings. The first kappa shape index (κ1) is 16.4. The molecule has 1 aromatic carbocycles. The topological polar surface area (TPSA) is 49.4 Å². The molecule has 0 saturated heterocycles. The highest BCUT2D eigenvalue weighted by Gasteiger charge is 2.18. The van der Waals surface area contributed by atoms with Crippen LogP contribution in [0.15, 0.2) is 24.3 Å². The van der Waals surface area contributed by atoms with Gasteiger partial charge in [0.05, 0.1) is 5.75 Å². The van der Waals surface area contributed by atoms with Crippen LogP contribution in [0.5, 0.6) is 0 Å². The van der Waals surface area contributed by atoms with Crippen LogP contribution in [0.1, 0.15) is 19.4 Å². The monoisotopic (exact) mass is 304 g/mol. The highest BCUT2D eigenvalue weighted by atomic mass is 35.5. The lowest BCUT2D eigenvalue weighted by Gasteiger charge is -2.18. The molecular weight excluding hydrogens is 284 g/mol. The molecule has 1 N–H and O–H groups in total. The van der Waals surface area contributed by atoms with Gasteiger partial charge in [0.15, 0.2) is 0 Å². The third-order valence-electron chi connectivity index (χ3n) is 2.74. The fourth-order valence-electron chi connectivity index (χ4n) is 1.60. The summed E-state index contributed by atoms with van der Waals surface area (Å²) >= 11 is 6.03. The van der Waals surface area contributed by atoms with E-state index in [1.54, 1.807) is 13.1 Å². The van der Waals surface area contributed by atoms with E-state index < -0.39 is 10.0 Å². The van der Waals surface area contributed by atoms with E-state index in [1.165, 1.54) is 4.31 Å². The van der Waals surface area contributed by atoms with Crippen molar-refractivity contribution in [2.45, 2.75) is 26.4 Å². The van der Waals surface area contributed by atoms with Crippen LogP contribution in [0.3, 0.4) is 0 Å². The molecule has 4 nitrogen and oxygen atoms in total. The Morgan fingerprint density at radius 3 is 2.53 bits per heavy atom. The molecule has 0 atom stereocenters. The van der Waals surface area contributed by atoms with Crippen LogP contribution in [0.4, 0.5) is 0 Å². The van der Waals surface area contributed by atoms with E-state index in [9.17, 15) is 8.42 Å². The van der Waals surface area contributed by atoms with Gasteiger partial charge in [-0.1, -0.05) is 43.6 Å². The van der Waals surface area contributed by atoms with E-state index in [-0.39, 0.29) is 11.8 Å². The minimum Gasteiger partial charge on any atom is -0.313 e. The van der Waals surface area contributed by atoms with Gasteiger partial charge < -0.3 is 5.32 Å². The molecule has 0 aromatic heterocycles. The number of nitrogens with one attached hydrogen (secondary N) is 1. The molecule has 0 aliphatic carbocycles. The predicted octanol–water partition coefficient (Wildman–Crippen LogP) is 2.10. The Morgan fingerprint density at radius 1 is 1.32 bits per heavy atom. The average Bonchev–Trinajstić information content (AvgIpc) is 2.31. The van der Waals surface area contributed by atoms with Gasteiger partial charge in [-0.25, -0.2) is 12.7 Å². The Kier molecular flexibility index (Phi) is 6.26. The van der Waals surface area contributed by atoms with Crippen molar-refractivity contribution in [1.29, 1.82) is 0 Å². The number of benzene rings is 1. The molecular formula is C13H21ClN2O2S. The number of halogens is 1. The third-order valence-corrected chi connectivity index (χ3v) is 4.91. The molecule has 0 radical (unpaired) electrons. The Labute approximate surface area is 120 Å². The smallest absolute Gasteiger partial charge is 0.215 e. The summed E-state index contributed by atoms with van der Waals surface area (Å²) < 4.78 is 25.5. The molecule has 19 heavy (non-hydrogen) atoms. The molecule has 1 rings (SSSR count). The van der Waals surface area contributed by atoms with Gasteiger partial charge in [-0.15, -0.1) is 0 Å². The van der Waals surface area contributed by atoms with Crippen molar-refractivity contribution in [2.75, 3.05) is 19.3 Å². The Hall–Kier alpha value is -0.620. The number of rotatable bonds is 7. The van der Waals surface area contributed by atoms with Gasteiger partial charge in [0.25, 0.3) is 0 Å². The van der Waals surface area contributed by atoms with Crippen molar-refractivity contribution < 1.29 is 8.42 Å². The van der Waals surface area contributed by atoms with E-state index in [2.05, 4.69) is 5.32 Å². The summed E-state index contributed by atoms with van der Waals surface area (Å²) in [5, 5.41) is 3.69. The molecule has 0 amide bonds. The second-order valence-electron chi connectivity index (χ2n) is 4.77. The summed E-state index contributed by atoms with van der Waals surface area (Å²) in [5.74, 6) is 0.0894. The SMILES string of the molecule is CC(C)NCCS(=O)(=O)N(C)Cc1ccccc1Cl. The van der Waals surface area contributed by atoms with Crippen molar-refractivity contribution in [3.63, 3.8) is 0 Å². The maximum atomic E-state index is 12.1. The van der Waals surface area contributed by atoms with E-state index in [4.69, 9.17) is 11.6 Å². The van der Waals surface area contributed by atoms with Crippen LogP contribution in [-0.4, -0.2) is 38.1 Å². The highest BCUT2D eigenvalue weighted by molar-refractivity contribution is 7.89. The molecule has 0 aliphatic heterocycles. The molecule has 0 heterocycles. The summed E-state index contributed by atoms with van der Waals surface area (Å²) in [4.78, 5) is 0. The quantitative estimate of drug-likeness (QED) is 0.839. The normalized spacial score (nSPS) is 12.3. The van der Waals surface area contributed by atoms with Gasteiger partial charge >= 0.3 is 0 Å². The highest BCUT2D eigenvalue weighted by Crippen LogP contribution is 2.17. The molecule has 6 heteroatoms. The largest absolute Gasteiger partial charge is 0.313 e. The number of hydrogen-bond donors (Lipinski definition) is 1. The van der Waals surface area contributed by atoms with Crippen LogP contribution in [-0.2, 0) is 16.6 Å². The van der Waals surface area contributed by atoms with E-state index in [0.717, 1.165) is 5.56 Å². The molecule has 0 aliphatic rings. The minimum atomic E-state index is -3.26. The summed E-state index contributed by atoms with van der Waals surface area (Å²) in [5.41, 5.74) is 0.812. The Balaban J connectivity index is 2.61. The fourth-order valence-corrected chi connectivity index (χ4v) is 2.82. The second kappa shape index (κ2) is 7.24. The van der Waals surface area contributed by atoms with Gasteiger partial charge in [0, 0.05) is 31.2 Å². The predicted molar refractivity (Wildman–Crippen MR) is 79.8 cm³/mol. The lowest BCUT2D eigenvalue weighted by atomic mass is 10.2. The fraction of sp³-hybridized carbons (Fsp3) is 0.538. The Morgan fingerprint density at radius 2 is 1.95 bits per heavy atom. The van der Waals surface area contributed by atoms with Gasteiger partial charge in [-0.2, -0.15) is 0 Å². The maximum absolute atomic E-state index is 12.1. The molecule has 0 saturated carbocycles. The van der Waals surface area contributed by atoms with Crippen LogP contribution in [0.2, 0.25) is 5.02 Å². The van der Waals surface area contributed by atoms with Crippen LogP contribution >= 0.6 is 11.6 Å². The molecule has 0 bridgehead atoms. The lowest BCUT2D eigenvalue weighted by Crippen LogP contribution is -2.35. The minimum absolute atomic E-state index is 0.0894. The zero-order valence-electron chi connectivity index (χ0n) is 11.6. The third kappa shape index (κ3) is 5.48. The Bertz CT molecular complexity index is 503. The number of nitrogens with zero attached hydrogens (tertiary/aromatic N) is 1. The molecule has 0 unspecified atom stereocenters. The van der Waals surface area contributed by atoms with Crippen LogP contribution < -0.4 is 5.32 Å². The summed E-state index contributed by atoms with van der Waals surface area (Å²) in [6.45, 7) is 4.72. The first-order chi connectivity index (χ1) is 8.83.